The number of halogens is 1. The third-order valence-electron chi connectivity index (χ3n) is 3.62. The van der Waals surface area contributed by atoms with Crippen LogP contribution in [0.4, 0.5) is 0 Å². The van der Waals surface area contributed by atoms with Crippen molar-refractivity contribution in [3.8, 4) is 0 Å². The lowest BCUT2D eigenvalue weighted by Crippen LogP contribution is -2.34. The van der Waals surface area contributed by atoms with Gasteiger partial charge >= 0.3 is 5.97 Å². The molecule has 20 heavy (non-hydrogen) atoms. The molecular formula is C13H16INO4S. The normalized spacial score (nSPS) is 16.1. The Morgan fingerprint density at radius 1 is 1.45 bits per heavy atom. The quantitative estimate of drug-likeness (QED) is 0.759. The number of rotatable bonds is 5. The van der Waals surface area contributed by atoms with Gasteiger partial charge in [-0.3, -0.25) is 0 Å². The van der Waals surface area contributed by atoms with Crippen molar-refractivity contribution >= 4 is 38.6 Å². The van der Waals surface area contributed by atoms with Crippen molar-refractivity contribution < 1.29 is 18.3 Å². The van der Waals surface area contributed by atoms with Gasteiger partial charge in [0, 0.05) is 17.2 Å². The Bertz CT molecular complexity index is 625. The summed E-state index contributed by atoms with van der Waals surface area (Å²) in [5, 5.41) is 9.07. The molecule has 0 atom stereocenters. The van der Waals surface area contributed by atoms with Crippen LogP contribution in [-0.2, 0) is 10.0 Å². The third kappa shape index (κ3) is 3.15. The molecule has 1 aromatic carbocycles. The summed E-state index contributed by atoms with van der Waals surface area (Å²) in [6.45, 7) is 0.497. The van der Waals surface area contributed by atoms with Gasteiger partial charge in [0.25, 0.3) is 0 Å². The second kappa shape index (κ2) is 5.98. The highest BCUT2D eigenvalue weighted by Gasteiger charge is 2.27. The minimum atomic E-state index is -3.62. The summed E-state index contributed by atoms with van der Waals surface area (Å²) in [5.41, 5.74) is 0.0173. The first-order valence-corrected chi connectivity index (χ1v) is 8.83. The first kappa shape index (κ1) is 15.7. The highest BCUT2D eigenvalue weighted by atomic mass is 127. The molecule has 0 amide bonds. The molecule has 1 aromatic rings. The van der Waals surface area contributed by atoms with Crippen LogP contribution in [0, 0.1) is 9.49 Å². The molecule has 0 heterocycles. The summed E-state index contributed by atoms with van der Waals surface area (Å²) < 4.78 is 26.7. The first-order chi connectivity index (χ1) is 9.32. The van der Waals surface area contributed by atoms with Gasteiger partial charge in [0.2, 0.25) is 10.0 Å². The van der Waals surface area contributed by atoms with E-state index in [1.807, 2.05) is 22.6 Å². The van der Waals surface area contributed by atoms with E-state index in [4.69, 9.17) is 5.11 Å². The van der Waals surface area contributed by atoms with Crippen molar-refractivity contribution in [1.82, 2.24) is 4.31 Å². The van der Waals surface area contributed by atoms with Gasteiger partial charge in [-0.1, -0.05) is 6.42 Å². The van der Waals surface area contributed by atoms with Gasteiger partial charge in [0.05, 0.1) is 10.5 Å². The van der Waals surface area contributed by atoms with E-state index < -0.39 is 16.0 Å². The lowest BCUT2D eigenvalue weighted by atomic mass is 9.86. The van der Waals surface area contributed by atoms with Crippen LogP contribution in [-0.4, -0.2) is 37.4 Å². The molecule has 1 aliphatic carbocycles. The summed E-state index contributed by atoms with van der Waals surface area (Å²) in [7, 11) is -2.07. The van der Waals surface area contributed by atoms with Crippen LogP contribution < -0.4 is 0 Å². The Kier molecular flexibility index (Phi) is 4.70. The van der Waals surface area contributed by atoms with E-state index >= 15 is 0 Å². The Hall–Kier alpha value is -0.670. The topological polar surface area (TPSA) is 74.7 Å². The zero-order valence-electron chi connectivity index (χ0n) is 11.0. The third-order valence-corrected chi connectivity index (χ3v) is 6.38. The Morgan fingerprint density at radius 3 is 2.60 bits per heavy atom. The van der Waals surface area contributed by atoms with Crippen LogP contribution in [0.2, 0.25) is 0 Å². The van der Waals surface area contributed by atoms with Crippen LogP contribution in [0.5, 0.6) is 0 Å². The monoisotopic (exact) mass is 409 g/mol. The highest BCUT2D eigenvalue weighted by Crippen LogP contribution is 2.29. The van der Waals surface area contributed by atoms with E-state index in [0.717, 1.165) is 19.3 Å². The fourth-order valence-electron chi connectivity index (χ4n) is 2.15. The molecule has 0 aromatic heterocycles. The van der Waals surface area contributed by atoms with Gasteiger partial charge in [-0.15, -0.1) is 0 Å². The number of carboxylic acids is 1. The predicted molar refractivity (Wildman–Crippen MR) is 83.3 cm³/mol. The molecule has 2 rings (SSSR count). The molecule has 0 unspecified atom stereocenters. The highest BCUT2D eigenvalue weighted by molar-refractivity contribution is 14.1. The van der Waals surface area contributed by atoms with Gasteiger partial charge in [0.15, 0.2) is 0 Å². The number of sulfonamides is 1. The number of hydrogen-bond acceptors (Lipinski definition) is 3. The van der Waals surface area contributed by atoms with E-state index in [9.17, 15) is 13.2 Å². The van der Waals surface area contributed by atoms with Crippen molar-refractivity contribution in [2.45, 2.75) is 24.2 Å². The maximum atomic E-state index is 12.4. The minimum absolute atomic E-state index is 0.0173. The SMILES string of the molecule is CN(CC1CCC1)S(=O)(=O)c1ccc(I)c(C(=O)O)c1. The predicted octanol–water partition coefficient (Wildman–Crippen LogP) is 2.41. The van der Waals surface area contributed by atoms with E-state index in [1.165, 1.54) is 22.5 Å². The number of benzene rings is 1. The second-order valence-corrected chi connectivity index (χ2v) is 8.24. The molecule has 0 bridgehead atoms. The Balaban J connectivity index is 2.28. The zero-order chi connectivity index (χ0) is 14.9. The second-order valence-electron chi connectivity index (χ2n) is 5.03. The molecule has 1 saturated carbocycles. The summed E-state index contributed by atoms with van der Waals surface area (Å²) in [5.74, 6) is -0.689. The van der Waals surface area contributed by atoms with Crippen molar-refractivity contribution in [1.29, 1.82) is 0 Å². The summed E-state index contributed by atoms with van der Waals surface area (Å²) in [6, 6.07) is 4.21. The molecule has 5 nitrogen and oxygen atoms in total. The fourth-order valence-corrected chi connectivity index (χ4v) is 3.99. The largest absolute Gasteiger partial charge is 0.478 e. The summed E-state index contributed by atoms with van der Waals surface area (Å²) in [6.07, 6.45) is 3.28. The maximum absolute atomic E-state index is 12.4. The van der Waals surface area contributed by atoms with Crippen LogP contribution >= 0.6 is 22.6 Å². The fraction of sp³-hybridized carbons (Fsp3) is 0.462. The number of carbonyl (C=O) groups is 1. The van der Waals surface area contributed by atoms with E-state index in [0.29, 0.717) is 16.0 Å². The summed E-state index contributed by atoms with van der Waals surface area (Å²) in [4.78, 5) is 11.1. The maximum Gasteiger partial charge on any atom is 0.336 e. The van der Waals surface area contributed by atoms with Gasteiger partial charge < -0.3 is 5.11 Å². The van der Waals surface area contributed by atoms with Crippen LogP contribution in [0.3, 0.4) is 0 Å². The molecular weight excluding hydrogens is 393 g/mol. The molecule has 7 heteroatoms. The van der Waals surface area contributed by atoms with Crippen molar-refractivity contribution in [3.63, 3.8) is 0 Å². The lowest BCUT2D eigenvalue weighted by molar-refractivity contribution is 0.0695. The van der Waals surface area contributed by atoms with Crippen LogP contribution in [0.25, 0.3) is 0 Å². The van der Waals surface area contributed by atoms with Crippen molar-refractivity contribution in [2.75, 3.05) is 13.6 Å². The van der Waals surface area contributed by atoms with Gasteiger partial charge in [-0.05, 0) is 59.5 Å². The molecule has 0 aliphatic heterocycles. The average molecular weight is 409 g/mol. The summed E-state index contributed by atoms with van der Waals surface area (Å²) >= 11 is 1.88. The van der Waals surface area contributed by atoms with Crippen LogP contribution in [0.15, 0.2) is 23.1 Å². The molecule has 1 N–H and O–H groups in total. The number of nitrogens with zero attached hydrogens (tertiary/aromatic N) is 1. The standard InChI is InChI=1S/C13H16INO4S/c1-15(8-9-3-2-4-9)20(18,19)10-5-6-12(14)11(7-10)13(16)17/h5-7,9H,2-4,8H2,1H3,(H,16,17). The van der Waals surface area contributed by atoms with Crippen molar-refractivity contribution in [3.05, 3.63) is 27.3 Å². The van der Waals surface area contributed by atoms with E-state index in [1.54, 1.807) is 7.05 Å². The van der Waals surface area contributed by atoms with Crippen LogP contribution in [0.1, 0.15) is 29.6 Å². The van der Waals surface area contributed by atoms with E-state index in [2.05, 4.69) is 0 Å². The molecule has 0 saturated heterocycles. The van der Waals surface area contributed by atoms with Crippen molar-refractivity contribution in [2.24, 2.45) is 5.92 Å². The zero-order valence-corrected chi connectivity index (χ0v) is 14.0. The smallest absolute Gasteiger partial charge is 0.336 e. The number of aromatic carboxylic acids is 1. The average Bonchev–Trinajstić information content (AvgIpc) is 2.33. The number of hydrogen-bond donors (Lipinski definition) is 1. The molecule has 0 spiro atoms. The lowest BCUT2D eigenvalue weighted by Gasteiger charge is -2.29. The van der Waals surface area contributed by atoms with Gasteiger partial charge in [-0.25, -0.2) is 17.5 Å². The minimum Gasteiger partial charge on any atom is -0.478 e. The molecule has 1 aliphatic rings. The molecule has 110 valence electrons. The Labute approximate surface area is 132 Å². The Morgan fingerprint density at radius 2 is 2.10 bits per heavy atom. The number of carboxylic acid groups (broad SMARTS) is 1. The van der Waals surface area contributed by atoms with Gasteiger partial charge in [0.1, 0.15) is 0 Å². The molecule has 1 fully saturated rings. The van der Waals surface area contributed by atoms with Gasteiger partial charge in [-0.2, -0.15) is 0 Å². The first-order valence-electron chi connectivity index (χ1n) is 6.31. The molecule has 0 radical (unpaired) electrons. The van der Waals surface area contributed by atoms with E-state index in [-0.39, 0.29) is 10.5 Å².